The Hall–Kier alpha value is -1.16. The molecule has 0 aromatic carbocycles. The van der Waals surface area contributed by atoms with E-state index in [1.165, 1.54) is 6.07 Å². The maximum absolute atomic E-state index is 11.1. The molecule has 0 saturated heterocycles. The zero-order valence-corrected chi connectivity index (χ0v) is 7.24. The Morgan fingerprint density at radius 1 is 1.67 bits per heavy atom. The van der Waals surface area contributed by atoms with Crippen LogP contribution in [0.2, 0.25) is 0 Å². The van der Waals surface area contributed by atoms with E-state index in [0.29, 0.717) is 6.54 Å². The van der Waals surface area contributed by atoms with Crippen molar-refractivity contribution in [2.45, 2.75) is 27.0 Å². The number of aliphatic hydroxyl groups is 1. The summed E-state index contributed by atoms with van der Waals surface area (Å²) < 4.78 is 1.69. The lowest BCUT2D eigenvalue weighted by atomic mass is 10.3. The Morgan fingerprint density at radius 2 is 2.33 bits per heavy atom. The van der Waals surface area contributed by atoms with Gasteiger partial charge in [-0.05, 0) is 13.8 Å². The van der Waals surface area contributed by atoms with Crippen LogP contribution in [0, 0.1) is 6.92 Å². The van der Waals surface area contributed by atoms with Crippen molar-refractivity contribution in [3.8, 4) is 0 Å². The largest absolute Gasteiger partial charge is 0.390 e. The lowest BCUT2D eigenvalue weighted by Gasteiger charge is -2.06. The maximum Gasteiger partial charge on any atom is 0.206 e. The molecule has 0 fully saturated rings. The van der Waals surface area contributed by atoms with Gasteiger partial charge in [-0.3, -0.25) is 9.48 Å². The van der Waals surface area contributed by atoms with Gasteiger partial charge in [-0.1, -0.05) is 0 Å². The molecule has 0 radical (unpaired) electrons. The van der Waals surface area contributed by atoms with Crippen molar-refractivity contribution < 1.29 is 5.11 Å². The summed E-state index contributed by atoms with van der Waals surface area (Å²) in [6.07, 6.45) is 0. The molecule has 1 heterocycles. The normalized spacial score (nSPS) is 10.2. The molecule has 1 aromatic heterocycles. The molecule has 0 aliphatic rings. The minimum Gasteiger partial charge on any atom is -0.390 e. The number of hydrogen-bond acceptors (Lipinski definition) is 3. The number of aromatic nitrogens is 2. The zero-order chi connectivity index (χ0) is 9.14. The number of aliphatic hydroxyl groups excluding tert-OH is 1. The first-order chi connectivity index (χ1) is 5.69. The molecule has 12 heavy (non-hydrogen) atoms. The lowest BCUT2D eigenvalue weighted by molar-refractivity contribution is 0.271. The molecular formula is C8H12N2O2. The molecule has 1 aromatic rings. The zero-order valence-electron chi connectivity index (χ0n) is 7.24. The van der Waals surface area contributed by atoms with Crippen molar-refractivity contribution in [1.82, 2.24) is 9.78 Å². The van der Waals surface area contributed by atoms with E-state index < -0.39 is 0 Å². The standard InChI is InChI=1S/C8H12N2O2/c1-3-10-6(2)4-8(12)7(5-11)9-10/h4,11H,3,5H2,1-2H3. The van der Waals surface area contributed by atoms with Crippen LogP contribution in [0.15, 0.2) is 10.9 Å². The van der Waals surface area contributed by atoms with Crippen molar-refractivity contribution in [3.05, 3.63) is 27.7 Å². The van der Waals surface area contributed by atoms with Crippen LogP contribution in [0.5, 0.6) is 0 Å². The molecule has 4 heteroatoms. The summed E-state index contributed by atoms with van der Waals surface area (Å²) in [4.78, 5) is 11.1. The third kappa shape index (κ3) is 1.53. The summed E-state index contributed by atoms with van der Waals surface area (Å²) >= 11 is 0. The monoisotopic (exact) mass is 168 g/mol. The van der Waals surface area contributed by atoms with E-state index in [-0.39, 0.29) is 17.7 Å². The van der Waals surface area contributed by atoms with Crippen LogP contribution in [0.1, 0.15) is 18.3 Å². The predicted molar refractivity (Wildman–Crippen MR) is 44.8 cm³/mol. The Kier molecular flexibility index (Phi) is 2.60. The van der Waals surface area contributed by atoms with E-state index >= 15 is 0 Å². The number of rotatable bonds is 2. The van der Waals surface area contributed by atoms with E-state index in [1.54, 1.807) is 4.68 Å². The van der Waals surface area contributed by atoms with Crippen molar-refractivity contribution >= 4 is 0 Å². The van der Waals surface area contributed by atoms with Crippen LogP contribution < -0.4 is 5.43 Å². The van der Waals surface area contributed by atoms with Gasteiger partial charge in [0.15, 0.2) is 0 Å². The van der Waals surface area contributed by atoms with E-state index in [4.69, 9.17) is 5.11 Å². The summed E-state index contributed by atoms with van der Waals surface area (Å²) in [5, 5.41) is 12.7. The lowest BCUT2D eigenvalue weighted by Crippen LogP contribution is -2.19. The molecular weight excluding hydrogens is 156 g/mol. The first kappa shape index (κ1) is 8.93. The van der Waals surface area contributed by atoms with Crippen LogP contribution in [-0.4, -0.2) is 14.9 Å². The van der Waals surface area contributed by atoms with E-state index in [0.717, 1.165) is 5.69 Å². The molecule has 4 nitrogen and oxygen atoms in total. The van der Waals surface area contributed by atoms with Gasteiger partial charge < -0.3 is 5.11 Å². The van der Waals surface area contributed by atoms with E-state index in [9.17, 15) is 4.79 Å². The van der Waals surface area contributed by atoms with Gasteiger partial charge in [-0.25, -0.2) is 0 Å². The first-order valence-corrected chi connectivity index (χ1v) is 3.87. The second-order valence-electron chi connectivity index (χ2n) is 2.57. The van der Waals surface area contributed by atoms with Gasteiger partial charge >= 0.3 is 0 Å². The first-order valence-electron chi connectivity index (χ1n) is 3.87. The van der Waals surface area contributed by atoms with Crippen LogP contribution in [0.4, 0.5) is 0 Å². The smallest absolute Gasteiger partial charge is 0.206 e. The van der Waals surface area contributed by atoms with Crippen molar-refractivity contribution in [1.29, 1.82) is 0 Å². The van der Waals surface area contributed by atoms with E-state index in [1.807, 2.05) is 13.8 Å². The van der Waals surface area contributed by atoms with Gasteiger partial charge in [0.25, 0.3) is 0 Å². The summed E-state index contributed by atoms with van der Waals surface area (Å²) in [6, 6.07) is 1.49. The molecule has 0 atom stereocenters. The van der Waals surface area contributed by atoms with Crippen molar-refractivity contribution in [2.24, 2.45) is 0 Å². The van der Waals surface area contributed by atoms with Gasteiger partial charge in [0.1, 0.15) is 5.69 Å². The number of nitrogens with zero attached hydrogens (tertiary/aromatic N) is 2. The minimum absolute atomic E-state index is 0.195. The summed E-state index contributed by atoms with van der Waals surface area (Å²) in [5.41, 5.74) is 0.835. The summed E-state index contributed by atoms with van der Waals surface area (Å²) in [6.45, 7) is 4.17. The molecule has 0 unspecified atom stereocenters. The fourth-order valence-electron chi connectivity index (χ4n) is 1.05. The summed E-state index contributed by atoms with van der Waals surface area (Å²) in [5.74, 6) is 0. The highest BCUT2D eigenvalue weighted by Gasteiger charge is 2.02. The SMILES string of the molecule is CCn1nc(CO)c(=O)cc1C. The van der Waals surface area contributed by atoms with Gasteiger partial charge in [0.05, 0.1) is 6.61 Å². The molecule has 0 amide bonds. The van der Waals surface area contributed by atoms with Crippen LogP contribution >= 0.6 is 0 Å². The van der Waals surface area contributed by atoms with Gasteiger partial charge in [0, 0.05) is 18.3 Å². The summed E-state index contributed by atoms with van der Waals surface area (Å²) in [7, 11) is 0. The molecule has 0 aliphatic heterocycles. The molecule has 1 N–H and O–H groups in total. The fourth-order valence-corrected chi connectivity index (χ4v) is 1.05. The van der Waals surface area contributed by atoms with Gasteiger partial charge in [0.2, 0.25) is 5.43 Å². The van der Waals surface area contributed by atoms with Gasteiger partial charge in [-0.2, -0.15) is 5.10 Å². The average molecular weight is 168 g/mol. The Labute approximate surface area is 70.5 Å². The minimum atomic E-state index is -0.293. The quantitative estimate of drug-likeness (QED) is 0.679. The number of hydrogen-bond donors (Lipinski definition) is 1. The highest BCUT2D eigenvalue weighted by molar-refractivity contribution is 5.06. The van der Waals surface area contributed by atoms with Crippen molar-refractivity contribution in [2.75, 3.05) is 0 Å². The second-order valence-corrected chi connectivity index (χ2v) is 2.57. The predicted octanol–water partition coefficient (Wildman–Crippen LogP) is 0.0639. The Bertz CT molecular complexity index is 330. The molecule has 0 aliphatic carbocycles. The highest BCUT2D eigenvalue weighted by atomic mass is 16.3. The highest BCUT2D eigenvalue weighted by Crippen LogP contribution is 1.93. The second kappa shape index (κ2) is 3.49. The van der Waals surface area contributed by atoms with Crippen LogP contribution in [-0.2, 0) is 13.2 Å². The fraction of sp³-hybridized carbons (Fsp3) is 0.500. The van der Waals surface area contributed by atoms with Crippen LogP contribution in [0.25, 0.3) is 0 Å². The number of aryl methyl sites for hydroxylation is 2. The topological polar surface area (TPSA) is 55.1 Å². The Balaban J connectivity index is 3.27. The van der Waals surface area contributed by atoms with Crippen LogP contribution in [0.3, 0.4) is 0 Å². The average Bonchev–Trinajstić information content (AvgIpc) is 2.05. The third-order valence-electron chi connectivity index (χ3n) is 1.72. The molecule has 0 saturated carbocycles. The third-order valence-corrected chi connectivity index (χ3v) is 1.72. The van der Waals surface area contributed by atoms with E-state index in [2.05, 4.69) is 5.10 Å². The van der Waals surface area contributed by atoms with Crippen molar-refractivity contribution in [3.63, 3.8) is 0 Å². The maximum atomic E-state index is 11.1. The molecule has 66 valence electrons. The molecule has 0 spiro atoms. The molecule has 0 bridgehead atoms. The molecule has 1 rings (SSSR count). The van der Waals surface area contributed by atoms with Gasteiger partial charge in [-0.15, -0.1) is 0 Å². The Morgan fingerprint density at radius 3 is 2.83 bits per heavy atom.